The fourth-order valence-electron chi connectivity index (χ4n) is 3.44. The zero-order valence-corrected chi connectivity index (χ0v) is 13.6. The second-order valence-electron chi connectivity index (χ2n) is 6.12. The zero-order chi connectivity index (χ0) is 15.7. The van der Waals surface area contributed by atoms with Crippen molar-refractivity contribution in [3.63, 3.8) is 0 Å². The second-order valence-corrected chi connectivity index (χ2v) is 7.26. The number of rotatable bonds is 3. The van der Waals surface area contributed by atoms with E-state index in [9.17, 15) is 14.7 Å². The van der Waals surface area contributed by atoms with E-state index in [4.69, 9.17) is 4.74 Å². The third-order valence-corrected chi connectivity index (χ3v) is 6.09. The zero-order valence-electron chi connectivity index (χ0n) is 12.8. The van der Waals surface area contributed by atoms with Gasteiger partial charge >= 0.3 is 5.97 Å². The lowest BCUT2D eigenvalue weighted by molar-refractivity contribution is -0.151. The molecule has 120 valence electrons. The molecule has 0 saturated heterocycles. The molecule has 1 aromatic rings. The van der Waals surface area contributed by atoms with Gasteiger partial charge < -0.3 is 14.7 Å². The Morgan fingerprint density at radius 1 is 1.32 bits per heavy atom. The van der Waals surface area contributed by atoms with Gasteiger partial charge in [0, 0.05) is 18.3 Å². The average molecular weight is 323 g/mol. The van der Waals surface area contributed by atoms with Crippen LogP contribution in [0.2, 0.25) is 0 Å². The molecule has 1 aliphatic heterocycles. The van der Waals surface area contributed by atoms with Crippen molar-refractivity contribution in [2.75, 3.05) is 13.7 Å². The summed E-state index contributed by atoms with van der Waals surface area (Å²) in [6.45, 7) is 1.24. The van der Waals surface area contributed by atoms with E-state index in [-0.39, 0.29) is 5.91 Å². The average Bonchev–Trinajstić information content (AvgIpc) is 2.98. The summed E-state index contributed by atoms with van der Waals surface area (Å²) in [5.74, 6) is -1.06. The van der Waals surface area contributed by atoms with E-state index in [2.05, 4.69) is 0 Å². The van der Waals surface area contributed by atoms with Crippen molar-refractivity contribution in [1.29, 1.82) is 0 Å². The lowest BCUT2D eigenvalue weighted by Gasteiger charge is -2.40. The first-order valence-electron chi connectivity index (χ1n) is 7.75. The molecule has 0 aromatic carbocycles. The minimum atomic E-state index is -1.05. The van der Waals surface area contributed by atoms with Crippen molar-refractivity contribution in [2.24, 2.45) is 0 Å². The summed E-state index contributed by atoms with van der Waals surface area (Å²) in [7, 11) is 1.64. The normalized spacial score (nSPS) is 20.2. The summed E-state index contributed by atoms with van der Waals surface area (Å²) in [6, 6.07) is 1.87. The third-order valence-electron chi connectivity index (χ3n) is 4.86. The molecular formula is C16H21NO4S. The first-order chi connectivity index (χ1) is 10.5. The molecule has 1 amide bonds. The van der Waals surface area contributed by atoms with Crippen molar-refractivity contribution < 1.29 is 19.4 Å². The molecule has 1 saturated carbocycles. The quantitative estimate of drug-likeness (QED) is 0.929. The van der Waals surface area contributed by atoms with Crippen LogP contribution in [0.1, 0.15) is 52.2 Å². The SMILES string of the molecule is CN(C(=O)c1cc2c(s1)CCOC2)C1(C(=O)O)CCCCC1. The molecular weight excluding hydrogens is 302 g/mol. The Morgan fingerprint density at radius 2 is 2.05 bits per heavy atom. The largest absolute Gasteiger partial charge is 0.479 e. The van der Waals surface area contributed by atoms with Crippen LogP contribution in [-0.4, -0.2) is 41.1 Å². The number of hydrogen-bond acceptors (Lipinski definition) is 4. The Kier molecular flexibility index (Phi) is 4.23. The van der Waals surface area contributed by atoms with Crippen LogP contribution in [0.4, 0.5) is 0 Å². The smallest absolute Gasteiger partial charge is 0.329 e. The van der Waals surface area contributed by atoms with Gasteiger partial charge in [0.2, 0.25) is 0 Å². The number of hydrogen-bond donors (Lipinski definition) is 1. The Balaban J connectivity index is 1.86. The Labute approximate surface area is 133 Å². The molecule has 6 heteroatoms. The minimum Gasteiger partial charge on any atom is -0.479 e. The van der Waals surface area contributed by atoms with E-state index in [0.717, 1.165) is 31.2 Å². The summed E-state index contributed by atoms with van der Waals surface area (Å²) in [5.41, 5.74) is 0.0251. The van der Waals surface area contributed by atoms with Crippen LogP contribution >= 0.6 is 11.3 Å². The highest BCUT2D eigenvalue weighted by Gasteiger charge is 2.45. The number of carboxylic acid groups (broad SMARTS) is 1. The number of thiophene rings is 1. The predicted octanol–water partition coefficient (Wildman–Crippen LogP) is 2.68. The first-order valence-corrected chi connectivity index (χ1v) is 8.57. The molecule has 0 radical (unpaired) electrons. The number of carboxylic acids is 1. The maximum absolute atomic E-state index is 12.8. The highest BCUT2D eigenvalue weighted by atomic mass is 32.1. The van der Waals surface area contributed by atoms with Crippen LogP contribution in [-0.2, 0) is 22.6 Å². The van der Waals surface area contributed by atoms with Gasteiger partial charge in [0.05, 0.1) is 18.1 Å². The van der Waals surface area contributed by atoms with E-state index < -0.39 is 11.5 Å². The number of aliphatic carboxylic acids is 1. The molecule has 0 bridgehead atoms. The highest BCUT2D eigenvalue weighted by Crippen LogP contribution is 2.36. The van der Waals surface area contributed by atoms with E-state index in [1.54, 1.807) is 7.05 Å². The summed E-state index contributed by atoms with van der Waals surface area (Å²) in [5, 5.41) is 9.71. The molecule has 2 heterocycles. The van der Waals surface area contributed by atoms with Crippen LogP contribution in [0.5, 0.6) is 0 Å². The van der Waals surface area contributed by atoms with Crippen LogP contribution in [0.3, 0.4) is 0 Å². The van der Waals surface area contributed by atoms with Gasteiger partial charge in [-0.3, -0.25) is 4.79 Å². The van der Waals surface area contributed by atoms with Gasteiger partial charge in [-0.25, -0.2) is 4.79 Å². The van der Waals surface area contributed by atoms with Crippen LogP contribution in [0.25, 0.3) is 0 Å². The van der Waals surface area contributed by atoms with Crippen LogP contribution < -0.4 is 0 Å². The van der Waals surface area contributed by atoms with Crippen LogP contribution in [0.15, 0.2) is 6.07 Å². The fourth-order valence-corrected chi connectivity index (χ4v) is 4.57. The van der Waals surface area contributed by atoms with Gasteiger partial charge in [-0.05, 0) is 24.5 Å². The number of ether oxygens (including phenoxy) is 1. The summed E-state index contributed by atoms with van der Waals surface area (Å²) in [4.78, 5) is 27.9. The van der Waals surface area contributed by atoms with Gasteiger partial charge in [-0.2, -0.15) is 0 Å². The van der Waals surface area contributed by atoms with Crippen molar-refractivity contribution in [3.05, 3.63) is 21.4 Å². The number of nitrogens with zero attached hydrogens (tertiary/aromatic N) is 1. The molecule has 1 aromatic heterocycles. The summed E-state index contributed by atoms with van der Waals surface area (Å²) < 4.78 is 5.41. The molecule has 3 rings (SSSR count). The number of likely N-dealkylation sites (N-methyl/N-ethyl adjacent to an activating group) is 1. The Hall–Kier alpha value is -1.40. The number of amides is 1. The molecule has 0 atom stereocenters. The van der Waals surface area contributed by atoms with Gasteiger partial charge in [0.15, 0.2) is 0 Å². The molecule has 0 spiro atoms. The number of carbonyl (C=O) groups excluding carboxylic acids is 1. The molecule has 1 aliphatic carbocycles. The summed E-state index contributed by atoms with van der Waals surface area (Å²) >= 11 is 1.48. The maximum atomic E-state index is 12.8. The Bertz CT molecular complexity index is 565. The predicted molar refractivity (Wildman–Crippen MR) is 83.2 cm³/mol. The van der Waals surface area contributed by atoms with Crippen molar-refractivity contribution >= 4 is 23.2 Å². The van der Waals surface area contributed by atoms with Gasteiger partial charge in [0.25, 0.3) is 5.91 Å². The standard InChI is InChI=1S/C16H21NO4S/c1-17(16(15(19)20)6-3-2-4-7-16)14(18)13-9-11-10-21-8-5-12(11)22-13/h9H,2-8,10H2,1H3,(H,19,20). The number of fused-ring (bicyclic) bond motifs is 1. The molecule has 5 nitrogen and oxygen atoms in total. The molecule has 22 heavy (non-hydrogen) atoms. The van der Waals surface area contributed by atoms with Crippen molar-refractivity contribution in [1.82, 2.24) is 4.90 Å². The molecule has 1 N–H and O–H groups in total. The lowest BCUT2D eigenvalue weighted by atomic mass is 9.80. The highest BCUT2D eigenvalue weighted by molar-refractivity contribution is 7.14. The fraction of sp³-hybridized carbons (Fsp3) is 0.625. The molecule has 1 fully saturated rings. The number of carbonyl (C=O) groups is 2. The van der Waals surface area contributed by atoms with Gasteiger partial charge in [-0.1, -0.05) is 19.3 Å². The van der Waals surface area contributed by atoms with Gasteiger partial charge in [0.1, 0.15) is 5.54 Å². The van der Waals surface area contributed by atoms with Crippen molar-refractivity contribution in [2.45, 2.75) is 50.7 Å². The Morgan fingerprint density at radius 3 is 2.68 bits per heavy atom. The topological polar surface area (TPSA) is 66.8 Å². The second kappa shape index (κ2) is 6.01. The van der Waals surface area contributed by atoms with E-state index >= 15 is 0 Å². The monoisotopic (exact) mass is 323 g/mol. The van der Waals surface area contributed by atoms with E-state index in [1.165, 1.54) is 21.1 Å². The summed E-state index contributed by atoms with van der Waals surface area (Å²) in [6.07, 6.45) is 4.68. The maximum Gasteiger partial charge on any atom is 0.329 e. The van der Waals surface area contributed by atoms with E-state index in [0.29, 0.717) is 30.9 Å². The molecule has 0 unspecified atom stereocenters. The lowest BCUT2D eigenvalue weighted by Crippen LogP contribution is -2.56. The molecule has 2 aliphatic rings. The minimum absolute atomic E-state index is 0.177. The van der Waals surface area contributed by atoms with Crippen LogP contribution in [0, 0.1) is 0 Å². The van der Waals surface area contributed by atoms with Crippen molar-refractivity contribution in [3.8, 4) is 0 Å². The van der Waals surface area contributed by atoms with Gasteiger partial charge in [-0.15, -0.1) is 11.3 Å². The van der Waals surface area contributed by atoms with E-state index in [1.807, 2.05) is 6.07 Å². The first kappa shape index (κ1) is 15.5. The third kappa shape index (κ3) is 2.54.